The third-order valence-electron chi connectivity index (χ3n) is 3.58. The summed E-state index contributed by atoms with van der Waals surface area (Å²) in [5.74, 6) is 0.120. The van der Waals surface area contributed by atoms with E-state index >= 15 is 0 Å². The molecule has 1 N–H and O–H groups in total. The van der Waals surface area contributed by atoms with E-state index in [9.17, 15) is 4.79 Å². The summed E-state index contributed by atoms with van der Waals surface area (Å²) in [5, 5.41) is 13.1. The van der Waals surface area contributed by atoms with Gasteiger partial charge in [-0.3, -0.25) is 4.79 Å². The summed E-state index contributed by atoms with van der Waals surface area (Å²) in [6.07, 6.45) is 0. The Morgan fingerprint density at radius 1 is 1.36 bits per heavy atom. The van der Waals surface area contributed by atoms with Gasteiger partial charge in [-0.1, -0.05) is 31.2 Å². The van der Waals surface area contributed by atoms with Gasteiger partial charge in [-0.25, -0.2) is 9.67 Å². The van der Waals surface area contributed by atoms with E-state index in [1.165, 1.54) is 11.3 Å². The normalized spacial score (nSPS) is 12.7. The van der Waals surface area contributed by atoms with Crippen LogP contribution in [0, 0.1) is 5.92 Å². The van der Waals surface area contributed by atoms with Gasteiger partial charge in [0.25, 0.3) is 5.91 Å². The van der Waals surface area contributed by atoms with Crippen LogP contribution in [0.4, 0.5) is 0 Å². The summed E-state index contributed by atoms with van der Waals surface area (Å²) in [6.45, 7) is 4.73. The van der Waals surface area contributed by atoms with Crippen LogP contribution in [-0.2, 0) is 6.54 Å². The Morgan fingerprint density at radius 2 is 2.18 bits per heavy atom. The molecule has 0 bridgehead atoms. The van der Waals surface area contributed by atoms with E-state index in [2.05, 4.69) is 34.5 Å². The minimum Gasteiger partial charge on any atom is -0.346 e. The number of carbonyl (C=O) groups excluding carboxylic acids is 1. The highest BCUT2D eigenvalue weighted by Gasteiger charge is 2.20. The van der Waals surface area contributed by atoms with Crippen molar-refractivity contribution >= 4 is 28.3 Å². The molecule has 2 heterocycles. The van der Waals surface area contributed by atoms with Crippen LogP contribution in [0.2, 0.25) is 0 Å². The Hall–Kier alpha value is -2.28. The van der Waals surface area contributed by atoms with E-state index in [1.807, 2.05) is 28.9 Å². The van der Waals surface area contributed by atoms with Crippen molar-refractivity contribution in [1.82, 2.24) is 25.3 Å². The number of nitrogens with one attached hydrogen (secondary N) is 1. The quantitative estimate of drug-likeness (QED) is 0.784. The molecular weight excluding hydrogens is 298 g/mol. The largest absolute Gasteiger partial charge is 0.346 e. The van der Waals surface area contributed by atoms with Gasteiger partial charge in [-0.15, -0.1) is 16.4 Å². The SMILES string of the molecule is CC(C)[C@@H](Cn1nnc2ccccc21)NC(=O)c1cscn1. The molecular formula is C15H17N5OS. The van der Waals surface area contributed by atoms with Gasteiger partial charge in [0, 0.05) is 5.38 Å². The number of amides is 1. The Morgan fingerprint density at radius 3 is 2.91 bits per heavy atom. The highest BCUT2D eigenvalue weighted by atomic mass is 32.1. The van der Waals surface area contributed by atoms with E-state index in [0.29, 0.717) is 12.2 Å². The van der Waals surface area contributed by atoms with Gasteiger partial charge in [0.2, 0.25) is 0 Å². The lowest BCUT2D eigenvalue weighted by atomic mass is 10.0. The minimum absolute atomic E-state index is 0.0423. The summed E-state index contributed by atoms with van der Waals surface area (Å²) in [4.78, 5) is 16.2. The summed E-state index contributed by atoms with van der Waals surface area (Å²) in [7, 11) is 0. The number of nitrogens with zero attached hydrogens (tertiary/aromatic N) is 4. The third kappa shape index (κ3) is 2.99. The van der Waals surface area contributed by atoms with E-state index in [4.69, 9.17) is 0 Å². The Kier molecular flexibility index (Phi) is 4.15. The van der Waals surface area contributed by atoms with E-state index < -0.39 is 0 Å². The van der Waals surface area contributed by atoms with Crippen LogP contribution in [0.25, 0.3) is 11.0 Å². The maximum absolute atomic E-state index is 12.2. The number of benzene rings is 1. The van der Waals surface area contributed by atoms with Crippen LogP contribution >= 0.6 is 11.3 Å². The van der Waals surface area contributed by atoms with Crippen LogP contribution < -0.4 is 5.32 Å². The first-order valence-corrected chi connectivity index (χ1v) is 8.06. The lowest BCUT2D eigenvalue weighted by Gasteiger charge is -2.22. The van der Waals surface area contributed by atoms with Crippen molar-refractivity contribution in [2.24, 2.45) is 5.92 Å². The molecule has 114 valence electrons. The molecule has 7 heteroatoms. The van der Waals surface area contributed by atoms with E-state index in [0.717, 1.165) is 11.0 Å². The van der Waals surface area contributed by atoms with Crippen molar-refractivity contribution in [2.75, 3.05) is 0 Å². The zero-order chi connectivity index (χ0) is 15.5. The number of rotatable bonds is 5. The third-order valence-corrected chi connectivity index (χ3v) is 4.16. The van der Waals surface area contributed by atoms with Crippen LogP contribution in [-0.4, -0.2) is 31.9 Å². The minimum atomic E-state index is -0.149. The lowest BCUT2D eigenvalue weighted by Crippen LogP contribution is -2.41. The monoisotopic (exact) mass is 315 g/mol. The van der Waals surface area contributed by atoms with Crippen LogP contribution in [0.3, 0.4) is 0 Å². The van der Waals surface area contributed by atoms with Gasteiger partial charge < -0.3 is 5.32 Å². The number of fused-ring (bicyclic) bond motifs is 1. The van der Waals surface area contributed by atoms with Crippen LogP contribution in [0.5, 0.6) is 0 Å². The topological polar surface area (TPSA) is 72.7 Å². The van der Waals surface area contributed by atoms with Crippen LogP contribution in [0.15, 0.2) is 35.2 Å². The van der Waals surface area contributed by atoms with Crippen LogP contribution in [0.1, 0.15) is 24.3 Å². The second-order valence-corrected chi connectivity index (χ2v) is 6.18. The molecule has 0 spiro atoms. The highest BCUT2D eigenvalue weighted by molar-refractivity contribution is 7.07. The second-order valence-electron chi connectivity index (χ2n) is 5.46. The van der Waals surface area contributed by atoms with Gasteiger partial charge in [0.05, 0.1) is 23.6 Å². The molecule has 1 aromatic carbocycles. The molecule has 0 aliphatic carbocycles. The van der Waals surface area contributed by atoms with Crippen molar-refractivity contribution < 1.29 is 4.79 Å². The number of aromatic nitrogens is 4. The Balaban J connectivity index is 1.78. The number of hydrogen-bond acceptors (Lipinski definition) is 5. The van der Waals surface area contributed by atoms with Crippen molar-refractivity contribution in [1.29, 1.82) is 0 Å². The fourth-order valence-electron chi connectivity index (χ4n) is 2.23. The fourth-order valence-corrected chi connectivity index (χ4v) is 2.76. The molecule has 0 fully saturated rings. The summed E-state index contributed by atoms with van der Waals surface area (Å²) < 4.78 is 1.83. The molecule has 6 nitrogen and oxygen atoms in total. The zero-order valence-corrected chi connectivity index (χ0v) is 13.2. The van der Waals surface area contributed by atoms with Gasteiger partial charge in [0.1, 0.15) is 11.2 Å². The number of para-hydroxylation sites is 1. The Labute approximate surface area is 132 Å². The first-order chi connectivity index (χ1) is 10.6. The van der Waals surface area contributed by atoms with Gasteiger partial charge in [-0.2, -0.15) is 0 Å². The first kappa shape index (κ1) is 14.6. The Bertz CT molecular complexity index is 765. The fraction of sp³-hybridized carbons (Fsp3) is 0.333. The van der Waals surface area contributed by atoms with E-state index in [1.54, 1.807) is 10.9 Å². The summed E-state index contributed by atoms with van der Waals surface area (Å²) in [5.41, 5.74) is 3.94. The molecule has 0 saturated carbocycles. The van der Waals surface area contributed by atoms with Crippen molar-refractivity contribution in [3.05, 3.63) is 40.8 Å². The van der Waals surface area contributed by atoms with Crippen molar-refractivity contribution in [3.63, 3.8) is 0 Å². The molecule has 0 aliphatic rings. The molecule has 1 amide bonds. The number of thiazole rings is 1. The zero-order valence-electron chi connectivity index (χ0n) is 12.4. The maximum atomic E-state index is 12.2. The maximum Gasteiger partial charge on any atom is 0.271 e. The highest BCUT2D eigenvalue weighted by Crippen LogP contribution is 2.13. The molecule has 0 unspecified atom stereocenters. The number of carbonyl (C=O) groups is 1. The molecule has 0 saturated heterocycles. The molecule has 0 radical (unpaired) electrons. The smallest absolute Gasteiger partial charge is 0.271 e. The molecule has 1 atom stereocenters. The average Bonchev–Trinajstić information content (AvgIpc) is 3.16. The summed E-state index contributed by atoms with van der Waals surface area (Å²) >= 11 is 1.41. The molecule has 2 aromatic heterocycles. The average molecular weight is 315 g/mol. The summed E-state index contributed by atoms with van der Waals surface area (Å²) in [6, 6.07) is 7.76. The predicted octanol–water partition coefficient (Wildman–Crippen LogP) is 2.34. The van der Waals surface area contributed by atoms with Crippen molar-refractivity contribution in [3.8, 4) is 0 Å². The molecule has 0 aliphatic heterocycles. The van der Waals surface area contributed by atoms with E-state index in [-0.39, 0.29) is 17.9 Å². The molecule has 3 rings (SSSR count). The molecule has 3 aromatic rings. The molecule has 22 heavy (non-hydrogen) atoms. The second kappa shape index (κ2) is 6.23. The van der Waals surface area contributed by atoms with Crippen molar-refractivity contribution in [2.45, 2.75) is 26.4 Å². The number of hydrogen-bond donors (Lipinski definition) is 1. The standard InChI is InChI=1S/C15H17N5OS/c1-10(2)12(17-15(21)13-8-22-9-16-13)7-20-14-6-4-3-5-11(14)18-19-20/h3-6,8-10,12H,7H2,1-2H3,(H,17,21)/t12-/m1/s1. The van der Waals surface area contributed by atoms with Gasteiger partial charge in [-0.05, 0) is 18.1 Å². The van der Waals surface area contributed by atoms with Gasteiger partial charge in [0.15, 0.2) is 0 Å². The lowest BCUT2D eigenvalue weighted by molar-refractivity contribution is 0.0915. The predicted molar refractivity (Wildman–Crippen MR) is 85.7 cm³/mol. The first-order valence-electron chi connectivity index (χ1n) is 7.12. The van der Waals surface area contributed by atoms with Gasteiger partial charge >= 0.3 is 0 Å².